The zero-order chi connectivity index (χ0) is 16.2. The molecule has 7 heteroatoms. The highest BCUT2D eigenvalue weighted by Crippen LogP contribution is 2.19. The molecule has 0 amide bonds. The minimum Gasteiger partial charge on any atom is -0.369 e. The number of nitrogens with zero attached hydrogens (tertiary/aromatic N) is 4. The van der Waals surface area contributed by atoms with Crippen molar-refractivity contribution in [2.45, 2.75) is 32.4 Å². The molecule has 0 atom stereocenters. The monoisotopic (exact) mass is 330 g/mol. The van der Waals surface area contributed by atoms with Crippen molar-refractivity contribution in [3.63, 3.8) is 0 Å². The van der Waals surface area contributed by atoms with Gasteiger partial charge in [0.2, 0.25) is 0 Å². The number of hydrogen-bond donors (Lipinski definition) is 2. The summed E-state index contributed by atoms with van der Waals surface area (Å²) in [6, 6.07) is 4.03. The van der Waals surface area contributed by atoms with Gasteiger partial charge in [-0.3, -0.25) is 0 Å². The molecule has 0 aromatic carbocycles. The van der Waals surface area contributed by atoms with Gasteiger partial charge in [0.05, 0.1) is 18.2 Å². The van der Waals surface area contributed by atoms with Gasteiger partial charge >= 0.3 is 0 Å². The first-order chi connectivity index (χ1) is 11.1. The number of thioether (sulfide) groups is 1. The van der Waals surface area contributed by atoms with Crippen molar-refractivity contribution in [3.05, 3.63) is 41.7 Å². The van der Waals surface area contributed by atoms with Gasteiger partial charge in [-0.25, -0.2) is 9.97 Å². The van der Waals surface area contributed by atoms with Crippen molar-refractivity contribution in [1.29, 1.82) is 0 Å². The Morgan fingerprint density at radius 1 is 1.39 bits per heavy atom. The number of aryl methyl sites for hydroxylation is 1. The van der Waals surface area contributed by atoms with E-state index in [9.17, 15) is 0 Å². The molecule has 0 aliphatic carbocycles. The number of fused-ring (bicyclic) bond motifs is 1. The van der Waals surface area contributed by atoms with Crippen molar-refractivity contribution in [3.8, 4) is 0 Å². The fourth-order valence-corrected chi connectivity index (χ4v) is 3.18. The molecule has 3 aromatic rings. The maximum Gasteiger partial charge on any atom is 0.157 e. The average molecular weight is 330 g/mol. The zero-order valence-corrected chi connectivity index (χ0v) is 14.5. The Morgan fingerprint density at radius 3 is 3.00 bits per heavy atom. The van der Waals surface area contributed by atoms with Gasteiger partial charge in [-0.2, -0.15) is 21.4 Å². The van der Waals surface area contributed by atoms with Crippen molar-refractivity contribution in [2.75, 3.05) is 17.6 Å². The van der Waals surface area contributed by atoms with Crippen LogP contribution in [0.3, 0.4) is 0 Å². The second-order valence-electron chi connectivity index (χ2n) is 5.78. The number of hydrogen-bond acceptors (Lipinski definition) is 5. The highest BCUT2D eigenvalue weighted by molar-refractivity contribution is 7.98. The second kappa shape index (κ2) is 7.04. The molecule has 3 aromatic heterocycles. The molecule has 3 heterocycles. The lowest BCUT2D eigenvalue weighted by molar-refractivity contribution is 0.809. The summed E-state index contributed by atoms with van der Waals surface area (Å²) in [5.74, 6) is 3.34. The minimum absolute atomic E-state index is 0.396. The van der Waals surface area contributed by atoms with E-state index in [1.165, 1.54) is 0 Å². The summed E-state index contributed by atoms with van der Waals surface area (Å²) < 4.78 is 1.86. The molecule has 23 heavy (non-hydrogen) atoms. The summed E-state index contributed by atoms with van der Waals surface area (Å²) in [5, 5.41) is 7.82. The fourth-order valence-electron chi connectivity index (χ4n) is 2.31. The van der Waals surface area contributed by atoms with Crippen LogP contribution in [-0.2, 0) is 5.75 Å². The third kappa shape index (κ3) is 3.67. The lowest BCUT2D eigenvalue weighted by Crippen LogP contribution is -2.11. The number of aromatic nitrogens is 5. The predicted molar refractivity (Wildman–Crippen MR) is 95.1 cm³/mol. The van der Waals surface area contributed by atoms with Gasteiger partial charge in [0.15, 0.2) is 5.65 Å². The van der Waals surface area contributed by atoms with Crippen LogP contribution in [0.25, 0.3) is 5.65 Å². The molecule has 2 N–H and O–H groups in total. The molecular formula is C16H22N6S. The predicted octanol–water partition coefficient (Wildman–Crippen LogP) is 3.23. The maximum absolute atomic E-state index is 4.63. The molecule has 0 unspecified atom stereocenters. The fraction of sp³-hybridized carbons (Fsp3) is 0.438. The topological polar surface area (TPSA) is 70.9 Å². The van der Waals surface area contributed by atoms with Crippen molar-refractivity contribution in [1.82, 2.24) is 24.6 Å². The van der Waals surface area contributed by atoms with Crippen LogP contribution in [-0.4, -0.2) is 36.9 Å². The van der Waals surface area contributed by atoms with Crippen molar-refractivity contribution in [2.24, 2.45) is 0 Å². The molecule has 0 radical (unpaired) electrons. The van der Waals surface area contributed by atoms with E-state index in [4.69, 9.17) is 0 Å². The van der Waals surface area contributed by atoms with Gasteiger partial charge in [-0.1, -0.05) is 13.8 Å². The molecule has 6 nitrogen and oxygen atoms in total. The summed E-state index contributed by atoms with van der Waals surface area (Å²) in [6.07, 6.45) is 3.54. The van der Waals surface area contributed by atoms with Crippen LogP contribution in [0.5, 0.6) is 0 Å². The number of aromatic amines is 1. The molecule has 0 aliphatic rings. The molecule has 0 aliphatic heterocycles. The van der Waals surface area contributed by atoms with Crippen LogP contribution in [0.1, 0.15) is 36.8 Å². The summed E-state index contributed by atoms with van der Waals surface area (Å²) in [4.78, 5) is 12.1. The van der Waals surface area contributed by atoms with E-state index in [0.29, 0.717) is 5.92 Å². The summed E-state index contributed by atoms with van der Waals surface area (Å²) in [7, 11) is 0. The third-order valence-corrected chi connectivity index (χ3v) is 4.67. The minimum atomic E-state index is 0.396. The van der Waals surface area contributed by atoms with Crippen LogP contribution in [0.2, 0.25) is 0 Å². The summed E-state index contributed by atoms with van der Waals surface area (Å²) in [5.41, 5.74) is 4.26. The Hall–Kier alpha value is -2.02. The van der Waals surface area contributed by atoms with E-state index < -0.39 is 0 Å². The summed E-state index contributed by atoms with van der Waals surface area (Å²) >= 11 is 1.87. The van der Waals surface area contributed by atoms with Crippen molar-refractivity contribution < 1.29 is 0 Å². The van der Waals surface area contributed by atoms with E-state index in [0.717, 1.165) is 46.6 Å². The largest absolute Gasteiger partial charge is 0.369 e. The number of H-pyrrole nitrogens is 1. The molecule has 0 saturated carbocycles. The molecule has 3 rings (SSSR count). The molecule has 122 valence electrons. The Bertz CT molecular complexity index is 776. The normalized spacial score (nSPS) is 11.5. The molecule has 0 spiro atoms. The Balaban J connectivity index is 1.58. The van der Waals surface area contributed by atoms with Crippen LogP contribution < -0.4 is 5.32 Å². The quantitative estimate of drug-likeness (QED) is 0.651. The van der Waals surface area contributed by atoms with E-state index in [2.05, 4.69) is 52.2 Å². The average Bonchev–Trinajstić information content (AvgIpc) is 3.15. The van der Waals surface area contributed by atoms with E-state index >= 15 is 0 Å². The Kier molecular flexibility index (Phi) is 4.85. The first-order valence-electron chi connectivity index (χ1n) is 7.80. The van der Waals surface area contributed by atoms with E-state index in [-0.39, 0.29) is 0 Å². The zero-order valence-electron chi connectivity index (χ0n) is 13.7. The van der Waals surface area contributed by atoms with Gasteiger partial charge in [0.1, 0.15) is 5.82 Å². The SMILES string of the molecule is Cc1[nH]cnc1CSCCNc1cc(C(C)C)nc2ccnn12. The molecular weight excluding hydrogens is 308 g/mol. The van der Waals surface area contributed by atoms with Crippen LogP contribution >= 0.6 is 11.8 Å². The van der Waals surface area contributed by atoms with Gasteiger partial charge in [0.25, 0.3) is 0 Å². The number of nitrogens with one attached hydrogen (secondary N) is 2. The lowest BCUT2D eigenvalue weighted by Gasteiger charge is -2.12. The maximum atomic E-state index is 4.63. The lowest BCUT2D eigenvalue weighted by atomic mass is 10.1. The van der Waals surface area contributed by atoms with E-state index in [1.54, 1.807) is 12.5 Å². The van der Waals surface area contributed by atoms with Crippen LogP contribution in [0, 0.1) is 6.92 Å². The molecule has 0 fully saturated rings. The van der Waals surface area contributed by atoms with Crippen LogP contribution in [0.15, 0.2) is 24.7 Å². The van der Waals surface area contributed by atoms with Gasteiger partial charge in [-0.15, -0.1) is 0 Å². The second-order valence-corrected chi connectivity index (χ2v) is 6.88. The Labute approximate surface area is 140 Å². The molecule has 0 bridgehead atoms. The van der Waals surface area contributed by atoms with Crippen molar-refractivity contribution >= 4 is 23.2 Å². The first-order valence-corrected chi connectivity index (χ1v) is 8.95. The standard InChI is InChI=1S/C16H22N6S/c1-11(2)13-8-16(22-15(21-13)4-5-20-22)17-6-7-23-9-14-12(3)18-10-19-14/h4-5,8,10-11,17H,6-7,9H2,1-3H3,(H,18,19). The smallest absolute Gasteiger partial charge is 0.157 e. The van der Waals surface area contributed by atoms with Gasteiger partial charge < -0.3 is 10.3 Å². The highest BCUT2D eigenvalue weighted by Gasteiger charge is 2.08. The van der Waals surface area contributed by atoms with Gasteiger partial charge in [-0.05, 0) is 12.8 Å². The van der Waals surface area contributed by atoms with Crippen LogP contribution in [0.4, 0.5) is 5.82 Å². The summed E-state index contributed by atoms with van der Waals surface area (Å²) in [6.45, 7) is 7.24. The van der Waals surface area contributed by atoms with Gasteiger partial charge in [0, 0.05) is 41.6 Å². The first kappa shape index (κ1) is 15.9. The molecule has 0 saturated heterocycles. The highest BCUT2D eigenvalue weighted by atomic mass is 32.2. The number of anilines is 1. The number of rotatable bonds is 7. The van der Waals surface area contributed by atoms with E-state index in [1.807, 2.05) is 22.3 Å². The Morgan fingerprint density at radius 2 is 2.26 bits per heavy atom. The number of imidazole rings is 1. The third-order valence-electron chi connectivity index (χ3n) is 3.70.